The highest BCUT2D eigenvalue weighted by atomic mass is 16.5. The van der Waals surface area contributed by atoms with Crippen LogP contribution in [0.2, 0.25) is 0 Å². The minimum atomic E-state index is -0.347. The van der Waals surface area contributed by atoms with Crippen LogP contribution in [0.5, 0.6) is 0 Å². The van der Waals surface area contributed by atoms with Gasteiger partial charge in [0.25, 0.3) is 0 Å². The van der Waals surface area contributed by atoms with Crippen LogP contribution in [0.15, 0.2) is 72.9 Å². The first-order chi connectivity index (χ1) is 13.2. The minimum Gasteiger partial charge on any atom is -0.465 e. The predicted molar refractivity (Wildman–Crippen MR) is 104 cm³/mol. The predicted octanol–water partition coefficient (Wildman–Crippen LogP) is 4.08. The number of anilines is 2. The van der Waals surface area contributed by atoms with Crippen LogP contribution in [0.3, 0.4) is 0 Å². The molecule has 0 radical (unpaired) electrons. The number of fused-ring (bicyclic) bond motifs is 1. The van der Waals surface area contributed by atoms with E-state index in [1.165, 1.54) is 7.11 Å². The average molecular weight is 358 g/mol. The smallest absolute Gasteiger partial charge is 0.337 e. The maximum absolute atomic E-state index is 11.6. The normalized spacial score (nSPS) is 10.7. The van der Waals surface area contributed by atoms with E-state index in [-0.39, 0.29) is 5.97 Å². The lowest BCUT2D eigenvalue weighted by atomic mass is 10.1. The highest BCUT2D eigenvalue weighted by molar-refractivity contribution is 5.89. The molecule has 0 bridgehead atoms. The lowest BCUT2D eigenvalue weighted by molar-refractivity contribution is 0.0600. The number of imidazole rings is 1. The van der Waals surface area contributed by atoms with Crippen molar-refractivity contribution in [2.75, 3.05) is 12.0 Å². The number of rotatable bonds is 5. The third-order valence-electron chi connectivity index (χ3n) is 4.27. The molecule has 6 heteroatoms. The molecule has 0 amide bonds. The van der Waals surface area contributed by atoms with Crippen LogP contribution < -0.4 is 4.90 Å². The fraction of sp³-hybridized carbons (Fsp3) is 0.0952. The SMILES string of the molecule is COC(=O)c1ccc(CN(c2ccccn2)c2nc3ccccc3[nH]2)cc1. The van der Waals surface area contributed by atoms with Crippen molar-refractivity contribution in [3.63, 3.8) is 0 Å². The van der Waals surface area contributed by atoms with Crippen molar-refractivity contribution in [3.05, 3.63) is 84.1 Å². The average Bonchev–Trinajstić information content (AvgIpc) is 3.16. The second-order valence-corrected chi connectivity index (χ2v) is 6.04. The summed E-state index contributed by atoms with van der Waals surface area (Å²) < 4.78 is 4.76. The van der Waals surface area contributed by atoms with Crippen LogP contribution in [0.4, 0.5) is 11.8 Å². The summed E-state index contributed by atoms with van der Waals surface area (Å²) in [4.78, 5) is 26.2. The van der Waals surface area contributed by atoms with Gasteiger partial charge in [-0.1, -0.05) is 30.3 Å². The largest absolute Gasteiger partial charge is 0.465 e. The number of carbonyl (C=O) groups excluding carboxylic acids is 1. The van der Waals surface area contributed by atoms with Crippen LogP contribution in [0, 0.1) is 0 Å². The highest BCUT2D eigenvalue weighted by Gasteiger charge is 2.16. The van der Waals surface area contributed by atoms with Crippen molar-refractivity contribution < 1.29 is 9.53 Å². The maximum Gasteiger partial charge on any atom is 0.337 e. The molecule has 0 saturated heterocycles. The van der Waals surface area contributed by atoms with Crippen molar-refractivity contribution in [1.29, 1.82) is 0 Å². The van der Waals surface area contributed by atoms with Gasteiger partial charge in [-0.3, -0.25) is 4.90 Å². The first-order valence-corrected chi connectivity index (χ1v) is 8.55. The number of aromatic nitrogens is 3. The summed E-state index contributed by atoms with van der Waals surface area (Å²) >= 11 is 0. The van der Waals surface area contributed by atoms with Crippen molar-refractivity contribution in [1.82, 2.24) is 15.0 Å². The Morgan fingerprint density at radius 1 is 1.04 bits per heavy atom. The van der Waals surface area contributed by atoms with Gasteiger partial charge in [-0.25, -0.2) is 14.8 Å². The number of para-hydroxylation sites is 2. The number of hydrogen-bond acceptors (Lipinski definition) is 5. The molecule has 2 aromatic carbocycles. The summed E-state index contributed by atoms with van der Waals surface area (Å²) in [6, 6.07) is 21.0. The number of esters is 1. The number of ether oxygens (including phenoxy) is 1. The van der Waals surface area contributed by atoms with Gasteiger partial charge in [0.15, 0.2) is 0 Å². The third-order valence-corrected chi connectivity index (χ3v) is 4.27. The molecule has 0 spiro atoms. The Balaban J connectivity index is 1.69. The van der Waals surface area contributed by atoms with E-state index in [4.69, 9.17) is 9.72 Å². The highest BCUT2D eigenvalue weighted by Crippen LogP contribution is 2.25. The Labute approximate surface area is 156 Å². The molecule has 2 aromatic heterocycles. The summed E-state index contributed by atoms with van der Waals surface area (Å²) in [5, 5.41) is 0. The minimum absolute atomic E-state index is 0.347. The van der Waals surface area contributed by atoms with Gasteiger partial charge in [0.05, 0.1) is 30.3 Å². The Kier molecular flexibility index (Phi) is 4.53. The zero-order valence-corrected chi connectivity index (χ0v) is 14.8. The zero-order chi connectivity index (χ0) is 18.6. The molecule has 6 nitrogen and oxygen atoms in total. The molecule has 0 unspecified atom stereocenters. The molecule has 2 heterocycles. The van der Waals surface area contributed by atoms with Crippen molar-refractivity contribution in [3.8, 4) is 0 Å². The number of benzene rings is 2. The fourth-order valence-electron chi connectivity index (χ4n) is 2.89. The monoisotopic (exact) mass is 358 g/mol. The first-order valence-electron chi connectivity index (χ1n) is 8.55. The Morgan fingerprint density at radius 2 is 1.81 bits per heavy atom. The van der Waals surface area contributed by atoms with Gasteiger partial charge in [0.2, 0.25) is 5.95 Å². The number of carbonyl (C=O) groups is 1. The van der Waals surface area contributed by atoms with Crippen molar-refractivity contribution in [2.24, 2.45) is 0 Å². The topological polar surface area (TPSA) is 71.1 Å². The summed E-state index contributed by atoms with van der Waals surface area (Å²) in [5.41, 5.74) is 3.41. The summed E-state index contributed by atoms with van der Waals surface area (Å²) in [5.74, 6) is 1.15. The van der Waals surface area contributed by atoms with E-state index in [0.29, 0.717) is 18.1 Å². The third kappa shape index (κ3) is 3.50. The Hall–Kier alpha value is -3.67. The first kappa shape index (κ1) is 16.8. The van der Waals surface area contributed by atoms with Gasteiger partial charge < -0.3 is 9.72 Å². The number of methoxy groups -OCH3 is 1. The van der Waals surface area contributed by atoms with E-state index < -0.39 is 0 Å². The van der Waals surface area contributed by atoms with Gasteiger partial charge in [-0.05, 0) is 42.0 Å². The van der Waals surface area contributed by atoms with E-state index >= 15 is 0 Å². The quantitative estimate of drug-likeness (QED) is 0.544. The maximum atomic E-state index is 11.6. The fourth-order valence-corrected chi connectivity index (χ4v) is 2.89. The lowest BCUT2D eigenvalue weighted by Crippen LogP contribution is -2.19. The van der Waals surface area contributed by atoms with Gasteiger partial charge in [-0.2, -0.15) is 0 Å². The van der Waals surface area contributed by atoms with Gasteiger partial charge in [-0.15, -0.1) is 0 Å². The van der Waals surface area contributed by atoms with Crippen LogP contribution in [0.25, 0.3) is 11.0 Å². The van der Waals surface area contributed by atoms with E-state index in [0.717, 1.165) is 22.4 Å². The zero-order valence-electron chi connectivity index (χ0n) is 14.8. The molecule has 1 N–H and O–H groups in total. The molecule has 4 rings (SSSR count). The molecular formula is C21H18N4O2. The van der Waals surface area contributed by atoms with E-state index in [1.807, 2.05) is 59.5 Å². The number of aromatic amines is 1. The molecule has 0 fully saturated rings. The summed E-state index contributed by atoms with van der Waals surface area (Å²) in [6.45, 7) is 0.554. The summed E-state index contributed by atoms with van der Waals surface area (Å²) in [6.07, 6.45) is 1.76. The summed E-state index contributed by atoms with van der Waals surface area (Å²) in [7, 11) is 1.38. The van der Waals surface area contributed by atoms with Crippen LogP contribution in [-0.2, 0) is 11.3 Å². The molecule has 27 heavy (non-hydrogen) atoms. The Morgan fingerprint density at radius 3 is 2.52 bits per heavy atom. The second-order valence-electron chi connectivity index (χ2n) is 6.04. The van der Waals surface area contributed by atoms with Gasteiger partial charge in [0, 0.05) is 6.20 Å². The second kappa shape index (κ2) is 7.29. The number of nitrogens with zero attached hydrogens (tertiary/aromatic N) is 3. The van der Waals surface area contributed by atoms with Crippen LogP contribution >= 0.6 is 0 Å². The number of pyridine rings is 1. The molecule has 4 aromatic rings. The molecule has 0 saturated carbocycles. The van der Waals surface area contributed by atoms with E-state index in [9.17, 15) is 4.79 Å². The molecule has 134 valence electrons. The van der Waals surface area contributed by atoms with Crippen molar-refractivity contribution in [2.45, 2.75) is 6.54 Å². The lowest BCUT2D eigenvalue weighted by Gasteiger charge is -2.21. The van der Waals surface area contributed by atoms with Gasteiger partial charge >= 0.3 is 5.97 Å². The van der Waals surface area contributed by atoms with Crippen molar-refractivity contribution >= 4 is 28.8 Å². The molecule has 0 aliphatic rings. The Bertz CT molecular complexity index is 1030. The van der Waals surface area contributed by atoms with E-state index in [1.54, 1.807) is 18.3 Å². The molecule has 0 aliphatic carbocycles. The molecule has 0 aliphatic heterocycles. The van der Waals surface area contributed by atoms with Crippen LogP contribution in [-0.4, -0.2) is 28.0 Å². The number of nitrogens with one attached hydrogen (secondary N) is 1. The van der Waals surface area contributed by atoms with Gasteiger partial charge in [0.1, 0.15) is 5.82 Å². The number of hydrogen-bond donors (Lipinski definition) is 1. The molecule has 0 atom stereocenters. The number of H-pyrrole nitrogens is 1. The van der Waals surface area contributed by atoms with E-state index in [2.05, 4.69) is 9.97 Å². The molecular weight excluding hydrogens is 340 g/mol. The standard InChI is InChI=1S/C21H18N4O2/c1-27-20(26)16-11-9-15(10-12-16)14-25(19-8-4-5-13-22-19)21-23-17-6-2-3-7-18(17)24-21/h2-13H,14H2,1H3,(H,23,24). The van der Waals surface area contributed by atoms with Crippen LogP contribution in [0.1, 0.15) is 15.9 Å².